The summed E-state index contributed by atoms with van der Waals surface area (Å²) in [6, 6.07) is 10.5. The molecule has 1 aliphatic heterocycles. The number of benzene rings is 2. The minimum atomic E-state index is -4.59. The smallest absolute Gasteiger partial charge is 0.340 e. The average molecular weight is 472 g/mol. The van der Waals surface area contributed by atoms with Gasteiger partial charge < -0.3 is 9.88 Å². The molecule has 0 radical (unpaired) electrons. The maximum Gasteiger partial charge on any atom is 0.417 e. The molecule has 168 valence electrons. The van der Waals surface area contributed by atoms with E-state index in [0.29, 0.717) is 35.6 Å². The third-order valence-electron chi connectivity index (χ3n) is 5.61. The summed E-state index contributed by atoms with van der Waals surface area (Å²) >= 11 is 5.84. The van der Waals surface area contributed by atoms with E-state index in [4.69, 9.17) is 11.6 Å². The number of H-pyrrole nitrogens is 1. The number of alkyl halides is 3. The molecular formula is C23H17ClF3N5O. The number of hydrogen-bond donors (Lipinski definition) is 1. The van der Waals surface area contributed by atoms with Gasteiger partial charge in [-0.15, -0.1) is 0 Å². The van der Waals surface area contributed by atoms with Gasteiger partial charge in [0.15, 0.2) is 0 Å². The molecule has 2 aromatic carbocycles. The van der Waals surface area contributed by atoms with Crippen LogP contribution in [0.3, 0.4) is 0 Å². The second-order valence-electron chi connectivity index (χ2n) is 7.84. The summed E-state index contributed by atoms with van der Waals surface area (Å²) in [5.74, 6) is 0.128. The molecule has 2 aromatic heterocycles. The van der Waals surface area contributed by atoms with Crippen LogP contribution in [0.4, 0.5) is 13.2 Å². The van der Waals surface area contributed by atoms with E-state index in [1.165, 1.54) is 6.07 Å². The molecule has 1 atom stereocenters. The maximum atomic E-state index is 13.6. The molecule has 0 bridgehead atoms. The van der Waals surface area contributed by atoms with Crippen molar-refractivity contribution in [1.82, 2.24) is 24.6 Å². The molecule has 5 rings (SSSR count). The number of nitrogens with one attached hydrogen (secondary N) is 1. The van der Waals surface area contributed by atoms with E-state index >= 15 is 0 Å². The number of aromatic amines is 1. The highest BCUT2D eigenvalue weighted by atomic mass is 35.5. The number of halogens is 4. The number of fused-ring (bicyclic) bond motifs is 1. The Morgan fingerprint density at radius 3 is 2.73 bits per heavy atom. The Bertz CT molecular complexity index is 1380. The van der Waals surface area contributed by atoms with E-state index in [2.05, 4.69) is 21.6 Å². The molecule has 4 aromatic rings. The van der Waals surface area contributed by atoms with E-state index < -0.39 is 22.8 Å². The first-order valence-corrected chi connectivity index (χ1v) is 10.4. The number of rotatable bonds is 3. The van der Waals surface area contributed by atoms with Crippen molar-refractivity contribution in [3.63, 3.8) is 0 Å². The molecule has 1 amide bonds. The lowest BCUT2D eigenvalue weighted by atomic mass is 10.1. The third kappa shape index (κ3) is 3.78. The zero-order chi connectivity index (χ0) is 23.3. The predicted molar refractivity (Wildman–Crippen MR) is 117 cm³/mol. The molecule has 0 aliphatic carbocycles. The van der Waals surface area contributed by atoms with Crippen molar-refractivity contribution in [3.05, 3.63) is 89.0 Å². The van der Waals surface area contributed by atoms with Gasteiger partial charge in [-0.05, 0) is 36.8 Å². The highest BCUT2D eigenvalue weighted by Crippen LogP contribution is 2.39. The van der Waals surface area contributed by atoms with E-state index in [1.54, 1.807) is 46.2 Å². The van der Waals surface area contributed by atoms with Crippen LogP contribution in [0.15, 0.2) is 67.0 Å². The van der Waals surface area contributed by atoms with Crippen molar-refractivity contribution >= 4 is 28.5 Å². The molecule has 1 N–H and O–H groups in total. The molecule has 10 heteroatoms. The number of likely N-dealkylation sites (tertiary alicyclic amines) is 1. The minimum absolute atomic E-state index is 0.198. The number of amides is 1. The third-order valence-corrected chi connectivity index (χ3v) is 5.92. The Hall–Kier alpha value is -3.59. The van der Waals surface area contributed by atoms with Gasteiger partial charge >= 0.3 is 6.18 Å². The van der Waals surface area contributed by atoms with Gasteiger partial charge in [-0.2, -0.15) is 18.3 Å². The molecule has 1 fully saturated rings. The predicted octanol–water partition coefficient (Wildman–Crippen LogP) is 5.56. The monoisotopic (exact) mass is 471 g/mol. The van der Waals surface area contributed by atoms with E-state index in [1.807, 2.05) is 6.07 Å². The summed E-state index contributed by atoms with van der Waals surface area (Å²) in [4.78, 5) is 22.6. The topological polar surface area (TPSA) is 66.8 Å². The van der Waals surface area contributed by atoms with Gasteiger partial charge in [0.05, 0.1) is 38.9 Å². The average Bonchev–Trinajstić information content (AvgIpc) is 3.51. The molecule has 0 spiro atoms. The van der Waals surface area contributed by atoms with Crippen LogP contribution in [0.2, 0.25) is 5.02 Å². The Labute approximate surface area is 191 Å². The Kier molecular flexibility index (Phi) is 5.01. The van der Waals surface area contributed by atoms with Gasteiger partial charge in [-0.1, -0.05) is 35.9 Å². The summed E-state index contributed by atoms with van der Waals surface area (Å²) < 4.78 is 41.4. The number of para-hydroxylation sites is 1. The number of carbonyl (C=O) groups is 1. The first kappa shape index (κ1) is 21.3. The van der Waals surface area contributed by atoms with E-state index in [9.17, 15) is 18.0 Å². The van der Waals surface area contributed by atoms with Crippen LogP contribution in [-0.4, -0.2) is 37.1 Å². The van der Waals surface area contributed by atoms with Crippen LogP contribution < -0.4 is 0 Å². The Balaban J connectivity index is 1.54. The number of hydrogen-bond acceptors (Lipinski definition) is 3. The second kappa shape index (κ2) is 7.77. The molecule has 1 saturated heterocycles. The SMILES string of the molecule is C=C1CC(c2nc3cc(Cl)c(C(F)(F)F)cc3[nH]2)N(C(=O)c2ccccc2-n2cccn2)C1. The normalized spacial score (nSPS) is 16.7. The van der Waals surface area contributed by atoms with Crippen molar-refractivity contribution in [3.8, 4) is 5.69 Å². The van der Waals surface area contributed by atoms with Crippen molar-refractivity contribution in [2.75, 3.05) is 6.54 Å². The highest BCUT2D eigenvalue weighted by molar-refractivity contribution is 6.32. The fraction of sp³-hybridized carbons (Fsp3) is 0.174. The molecule has 0 saturated carbocycles. The van der Waals surface area contributed by atoms with Crippen molar-refractivity contribution in [2.45, 2.75) is 18.6 Å². The van der Waals surface area contributed by atoms with Crippen LogP contribution in [-0.2, 0) is 6.18 Å². The first-order chi connectivity index (χ1) is 15.7. The first-order valence-electron chi connectivity index (χ1n) is 10.1. The molecule has 33 heavy (non-hydrogen) atoms. The van der Waals surface area contributed by atoms with Crippen LogP contribution >= 0.6 is 11.6 Å². The van der Waals surface area contributed by atoms with Crippen LogP contribution in [0.1, 0.15) is 34.2 Å². The summed E-state index contributed by atoms with van der Waals surface area (Å²) in [5.41, 5.74) is 1.44. The second-order valence-corrected chi connectivity index (χ2v) is 8.25. The highest BCUT2D eigenvalue weighted by Gasteiger charge is 2.37. The van der Waals surface area contributed by atoms with Crippen LogP contribution in [0.25, 0.3) is 16.7 Å². The summed E-state index contributed by atoms with van der Waals surface area (Å²) in [7, 11) is 0. The number of imidazole rings is 1. The lowest BCUT2D eigenvalue weighted by molar-refractivity contribution is -0.137. The van der Waals surface area contributed by atoms with Gasteiger partial charge in [-0.3, -0.25) is 4.79 Å². The lowest BCUT2D eigenvalue weighted by Crippen LogP contribution is -2.32. The molecule has 1 unspecified atom stereocenters. The lowest BCUT2D eigenvalue weighted by Gasteiger charge is -2.24. The summed E-state index contributed by atoms with van der Waals surface area (Å²) in [5, 5.41) is 3.79. The fourth-order valence-electron chi connectivity index (χ4n) is 4.10. The van der Waals surface area contributed by atoms with Gasteiger partial charge in [0.25, 0.3) is 5.91 Å². The molecule has 3 heterocycles. The van der Waals surface area contributed by atoms with Crippen molar-refractivity contribution in [2.24, 2.45) is 0 Å². The fourth-order valence-corrected chi connectivity index (χ4v) is 4.37. The zero-order valence-electron chi connectivity index (χ0n) is 17.1. The van der Waals surface area contributed by atoms with Crippen LogP contribution in [0, 0.1) is 0 Å². The number of nitrogens with zero attached hydrogens (tertiary/aromatic N) is 4. The van der Waals surface area contributed by atoms with E-state index in [-0.39, 0.29) is 11.4 Å². The van der Waals surface area contributed by atoms with Crippen molar-refractivity contribution < 1.29 is 18.0 Å². The van der Waals surface area contributed by atoms with Gasteiger partial charge in [0.1, 0.15) is 5.82 Å². The van der Waals surface area contributed by atoms with E-state index in [0.717, 1.165) is 11.6 Å². The maximum absolute atomic E-state index is 13.6. The molecular weight excluding hydrogens is 455 g/mol. The van der Waals surface area contributed by atoms with Gasteiger partial charge in [-0.25, -0.2) is 9.67 Å². The number of aromatic nitrogens is 4. The Morgan fingerprint density at radius 2 is 2.00 bits per heavy atom. The van der Waals surface area contributed by atoms with Crippen LogP contribution in [0.5, 0.6) is 0 Å². The zero-order valence-corrected chi connectivity index (χ0v) is 17.9. The largest absolute Gasteiger partial charge is 0.417 e. The quantitative estimate of drug-likeness (QED) is 0.397. The van der Waals surface area contributed by atoms with Crippen molar-refractivity contribution in [1.29, 1.82) is 0 Å². The summed E-state index contributed by atoms with van der Waals surface area (Å²) in [6.07, 6.45) is -0.782. The molecule has 1 aliphatic rings. The summed E-state index contributed by atoms with van der Waals surface area (Å²) in [6.45, 7) is 4.33. The Morgan fingerprint density at radius 1 is 1.21 bits per heavy atom. The number of carbonyl (C=O) groups excluding carboxylic acids is 1. The molecule has 6 nitrogen and oxygen atoms in total. The van der Waals surface area contributed by atoms with Gasteiger partial charge in [0, 0.05) is 18.9 Å². The minimum Gasteiger partial charge on any atom is -0.340 e. The van der Waals surface area contributed by atoms with Gasteiger partial charge in [0.2, 0.25) is 0 Å². The standard InChI is InChI=1S/C23H17ClF3N5O/c1-13-9-20(21-29-17-10-15(23(25,26)27)16(24)11-18(17)30-21)31(12-13)22(33)14-5-2-3-6-19(14)32-8-4-7-28-32/h2-8,10-11,20H,1,9,12H2,(H,29,30).